The summed E-state index contributed by atoms with van der Waals surface area (Å²) in [5.74, 6) is -0.436. The number of ether oxygens (including phenoxy) is 1. The molecule has 1 aliphatic carbocycles. The van der Waals surface area contributed by atoms with Crippen LogP contribution in [0.1, 0.15) is 12.8 Å². The fraction of sp³-hybridized carbons (Fsp3) is 0.833. The molecule has 0 amide bonds. The van der Waals surface area contributed by atoms with Gasteiger partial charge in [0.25, 0.3) is 0 Å². The van der Waals surface area contributed by atoms with Gasteiger partial charge in [0.1, 0.15) is 6.17 Å². The van der Waals surface area contributed by atoms with Gasteiger partial charge in [-0.1, -0.05) is 0 Å². The maximum absolute atomic E-state index is 12.1. The fourth-order valence-corrected chi connectivity index (χ4v) is 0.908. The summed E-state index contributed by atoms with van der Waals surface area (Å²) in [5, 5.41) is 0. The number of methoxy groups -OCH3 is 1. The number of rotatable bonds is 1. The van der Waals surface area contributed by atoms with Gasteiger partial charge < -0.3 is 4.74 Å². The second-order valence-corrected chi connectivity index (χ2v) is 2.29. The van der Waals surface area contributed by atoms with Crippen molar-refractivity contribution in [2.24, 2.45) is 5.92 Å². The van der Waals surface area contributed by atoms with Crippen molar-refractivity contribution in [2.75, 3.05) is 7.11 Å². The maximum Gasteiger partial charge on any atom is 0.308 e. The highest BCUT2D eigenvalue weighted by Crippen LogP contribution is 2.30. The van der Waals surface area contributed by atoms with Gasteiger partial charge in [-0.3, -0.25) is 4.79 Å². The first-order valence-electron chi connectivity index (χ1n) is 2.96. The van der Waals surface area contributed by atoms with Gasteiger partial charge in [-0.25, -0.2) is 4.39 Å². The highest BCUT2D eigenvalue weighted by molar-refractivity contribution is 5.73. The van der Waals surface area contributed by atoms with Crippen LogP contribution >= 0.6 is 0 Å². The highest BCUT2D eigenvalue weighted by Gasteiger charge is 2.35. The Labute approximate surface area is 53.0 Å². The van der Waals surface area contributed by atoms with Crippen LogP contribution in [0.25, 0.3) is 0 Å². The molecular weight excluding hydrogens is 122 g/mol. The minimum absolute atomic E-state index is 0.162. The summed E-state index contributed by atoms with van der Waals surface area (Å²) in [5.41, 5.74) is 0. The molecule has 0 aromatic carbocycles. The van der Waals surface area contributed by atoms with E-state index >= 15 is 0 Å². The molecule has 0 atom stereocenters. The van der Waals surface area contributed by atoms with Crippen molar-refractivity contribution in [2.45, 2.75) is 19.0 Å². The third-order valence-corrected chi connectivity index (χ3v) is 1.62. The first-order chi connectivity index (χ1) is 4.24. The summed E-state index contributed by atoms with van der Waals surface area (Å²) in [6.07, 6.45) is -0.0617. The van der Waals surface area contributed by atoms with Crippen molar-refractivity contribution in [3.63, 3.8) is 0 Å². The van der Waals surface area contributed by atoms with Gasteiger partial charge in [-0.15, -0.1) is 0 Å². The number of alkyl halides is 1. The van der Waals surface area contributed by atoms with Crippen molar-refractivity contribution in [1.82, 2.24) is 0 Å². The van der Waals surface area contributed by atoms with E-state index in [0.29, 0.717) is 12.8 Å². The van der Waals surface area contributed by atoms with Gasteiger partial charge in [0, 0.05) is 0 Å². The molecule has 52 valence electrons. The van der Waals surface area contributed by atoms with Gasteiger partial charge in [0.2, 0.25) is 0 Å². The van der Waals surface area contributed by atoms with Crippen LogP contribution in [0.3, 0.4) is 0 Å². The molecule has 0 aromatic heterocycles. The Morgan fingerprint density at radius 3 is 2.56 bits per heavy atom. The van der Waals surface area contributed by atoms with Crippen molar-refractivity contribution >= 4 is 5.97 Å². The average Bonchev–Trinajstić information content (AvgIpc) is 1.79. The quantitative estimate of drug-likeness (QED) is 0.494. The minimum atomic E-state index is -0.769. The predicted octanol–water partition coefficient (Wildman–Crippen LogP) is 0.907. The van der Waals surface area contributed by atoms with Crippen LogP contribution < -0.4 is 0 Å². The summed E-state index contributed by atoms with van der Waals surface area (Å²) < 4.78 is 16.5. The molecule has 9 heavy (non-hydrogen) atoms. The van der Waals surface area contributed by atoms with Crippen LogP contribution in [0.4, 0.5) is 4.39 Å². The lowest BCUT2D eigenvalue weighted by molar-refractivity contribution is -0.150. The molecule has 0 heterocycles. The molecule has 0 N–H and O–H groups in total. The molecule has 2 nitrogen and oxygen atoms in total. The van der Waals surface area contributed by atoms with Crippen LogP contribution in [-0.2, 0) is 9.53 Å². The summed E-state index contributed by atoms with van der Waals surface area (Å²) in [7, 11) is 1.33. The van der Waals surface area contributed by atoms with Gasteiger partial charge in [-0.05, 0) is 12.8 Å². The van der Waals surface area contributed by atoms with Gasteiger partial charge in [0.15, 0.2) is 0 Å². The number of hydrogen-bond donors (Lipinski definition) is 0. The van der Waals surface area contributed by atoms with Crippen molar-refractivity contribution in [3.05, 3.63) is 0 Å². The minimum Gasteiger partial charge on any atom is -0.469 e. The van der Waals surface area contributed by atoms with Gasteiger partial charge in [0.05, 0.1) is 13.0 Å². The lowest BCUT2D eigenvalue weighted by atomic mass is 9.83. The zero-order valence-corrected chi connectivity index (χ0v) is 5.26. The fourth-order valence-electron chi connectivity index (χ4n) is 0.908. The Morgan fingerprint density at radius 2 is 2.22 bits per heavy atom. The molecule has 1 fully saturated rings. The standard InChI is InChI=1S/C6H9FO2/c1-9-6(8)4-2-5(7)3-4/h4-5H,2-3H2,1H3/t4-,5-/i7-1. The number of hydrogen-bond acceptors (Lipinski definition) is 2. The summed E-state index contributed by atoms with van der Waals surface area (Å²) in [6, 6.07) is 0. The molecule has 1 saturated carbocycles. The van der Waals surface area contributed by atoms with Crippen LogP contribution in [0, 0.1) is 5.92 Å². The predicted molar refractivity (Wildman–Crippen MR) is 29.6 cm³/mol. The zero-order chi connectivity index (χ0) is 6.85. The lowest BCUT2D eigenvalue weighted by Gasteiger charge is -2.26. The van der Waals surface area contributed by atoms with E-state index in [1.165, 1.54) is 7.11 Å². The zero-order valence-electron chi connectivity index (χ0n) is 5.26. The molecule has 0 unspecified atom stereocenters. The molecule has 0 aromatic rings. The molecule has 0 aliphatic heterocycles. The van der Waals surface area contributed by atoms with E-state index in [0.717, 1.165) is 0 Å². The molecular formula is C6H9FO2. The number of halogens is 1. The Morgan fingerprint density at radius 1 is 1.67 bits per heavy atom. The molecule has 0 saturated heterocycles. The van der Waals surface area contributed by atoms with Crippen molar-refractivity contribution < 1.29 is 13.9 Å². The third-order valence-electron chi connectivity index (χ3n) is 1.62. The molecule has 3 heteroatoms. The second kappa shape index (κ2) is 2.33. The largest absolute Gasteiger partial charge is 0.469 e. The van der Waals surface area contributed by atoms with Gasteiger partial charge in [-0.2, -0.15) is 0 Å². The van der Waals surface area contributed by atoms with Gasteiger partial charge >= 0.3 is 5.97 Å². The monoisotopic (exact) mass is 131 g/mol. The summed E-state index contributed by atoms with van der Waals surface area (Å²) in [4.78, 5) is 10.6. The van der Waals surface area contributed by atoms with E-state index in [-0.39, 0.29) is 11.9 Å². The smallest absolute Gasteiger partial charge is 0.308 e. The molecule has 1 rings (SSSR count). The van der Waals surface area contributed by atoms with E-state index in [1.54, 1.807) is 0 Å². The van der Waals surface area contributed by atoms with E-state index < -0.39 is 6.17 Å². The second-order valence-electron chi connectivity index (χ2n) is 2.29. The first-order valence-corrected chi connectivity index (χ1v) is 2.96. The Balaban J connectivity index is 2.23. The van der Waals surface area contributed by atoms with E-state index in [4.69, 9.17) is 0 Å². The van der Waals surface area contributed by atoms with E-state index in [9.17, 15) is 9.18 Å². The van der Waals surface area contributed by atoms with Crippen LogP contribution in [-0.4, -0.2) is 19.3 Å². The van der Waals surface area contributed by atoms with E-state index in [2.05, 4.69) is 4.74 Å². The van der Waals surface area contributed by atoms with Crippen LogP contribution in [0.15, 0.2) is 0 Å². The number of carbonyl (C=O) groups excluding carboxylic acids is 1. The van der Waals surface area contributed by atoms with Crippen LogP contribution in [0.5, 0.6) is 0 Å². The van der Waals surface area contributed by atoms with E-state index in [1.807, 2.05) is 0 Å². The first kappa shape index (κ1) is 6.52. The normalized spacial score (nSPS) is 33.1. The number of carbonyl (C=O) groups is 1. The molecule has 1 aliphatic rings. The SMILES string of the molecule is COC(=O)[C@H]1C[C@H]([18F])C1. The lowest BCUT2D eigenvalue weighted by Crippen LogP contribution is -2.32. The van der Waals surface area contributed by atoms with Crippen molar-refractivity contribution in [3.8, 4) is 0 Å². The third kappa shape index (κ3) is 1.20. The Hall–Kier alpha value is -0.600. The Bertz CT molecular complexity index is 118. The number of esters is 1. The average molecular weight is 131 g/mol. The molecule has 0 radical (unpaired) electrons. The molecule has 0 spiro atoms. The Kier molecular flexibility index (Phi) is 1.69. The summed E-state index contributed by atoms with van der Waals surface area (Å²) >= 11 is 0. The summed E-state index contributed by atoms with van der Waals surface area (Å²) in [6.45, 7) is 0. The highest BCUT2D eigenvalue weighted by atomic mass is 18.2. The topological polar surface area (TPSA) is 26.3 Å². The molecule has 0 bridgehead atoms. The maximum atomic E-state index is 12.1. The van der Waals surface area contributed by atoms with Crippen molar-refractivity contribution in [1.29, 1.82) is 0 Å². The van der Waals surface area contributed by atoms with Crippen LogP contribution in [0.2, 0.25) is 0 Å².